The summed E-state index contributed by atoms with van der Waals surface area (Å²) < 4.78 is 4.77. The fourth-order valence-electron chi connectivity index (χ4n) is 3.08. The molecule has 1 aliphatic heterocycles. The molecule has 3 rings (SSSR count). The van der Waals surface area contributed by atoms with E-state index >= 15 is 0 Å². The minimum atomic E-state index is -0.0435. The van der Waals surface area contributed by atoms with E-state index < -0.39 is 0 Å². The number of rotatable bonds is 2. The van der Waals surface area contributed by atoms with Crippen LogP contribution in [0.3, 0.4) is 0 Å². The van der Waals surface area contributed by atoms with E-state index in [1.165, 1.54) is 12.8 Å². The van der Waals surface area contributed by atoms with Crippen molar-refractivity contribution >= 4 is 11.7 Å². The van der Waals surface area contributed by atoms with Crippen LogP contribution < -0.4 is 4.90 Å². The quantitative estimate of drug-likeness (QED) is 0.724. The van der Waals surface area contributed by atoms with Crippen LogP contribution in [0.2, 0.25) is 0 Å². The van der Waals surface area contributed by atoms with Crippen LogP contribution in [0, 0.1) is 11.3 Å². The van der Waals surface area contributed by atoms with E-state index in [1.807, 2.05) is 24.5 Å². The third kappa shape index (κ3) is 1.68. The standard InChI is InChI=1S/C13H16N2O2/c1-17-12(16)10-6-13(7-10)8-15(9-13)11-2-4-14-5-3-11/h2-5,10H,6-9H2,1H3. The molecule has 90 valence electrons. The molecule has 0 bridgehead atoms. The van der Waals surface area contributed by atoms with Crippen molar-refractivity contribution in [1.82, 2.24) is 4.98 Å². The summed E-state index contributed by atoms with van der Waals surface area (Å²) in [5.41, 5.74) is 1.61. The second-order valence-electron chi connectivity index (χ2n) is 5.19. The molecule has 1 aromatic heterocycles. The van der Waals surface area contributed by atoms with Gasteiger partial charge in [-0.1, -0.05) is 0 Å². The number of methoxy groups -OCH3 is 1. The summed E-state index contributed by atoms with van der Waals surface area (Å²) in [5, 5.41) is 0. The lowest BCUT2D eigenvalue weighted by Crippen LogP contribution is -2.63. The Hall–Kier alpha value is -1.58. The summed E-state index contributed by atoms with van der Waals surface area (Å²) in [6, 6.07) is 4.06. The van der Waals surface area contributed by atoms with Crippen LogP contribution in [0.5, 0.6) is 0 Å². The predicted molar refractivity (Wildman–Crippen MR) is 63.6 cm³/mol. The van der Waals surface area contributed by atoms with Gasteiger partial charge in [-0.3, -0.25) is 9.78 Å². The van der Waals surface area contributed by atoms with Crippen LogP contribution in [-0.2, 0) is 9.53 Å². The molecule has 1 aliphatic carbocycles. The molecule has 1 spiro atoms. The minimum absolute atomic E-state index is 0.0435. The highest BCUT2D eigenvalue weighted by atomic mass is 16.5. The molecular weight excluding hydrogens is 216 g/mol. The maximum atomic E-state index is 11.3. The van der Waals surface area contributed by atoms with Gasteiger partial charge in [-0.15, -0.1) is 0 Å². The largest absolute Gasteiger partial charge is 0.469 e. The second kappa shape index (κ2) is 3.72. The van der Waals surface area contributed by atoms with E-state index in [2.05, 4.69) is 9.88 Å². The van der Waals surface area contributed by atoms with Crippen molar-refractivity contribution in [3.05, 3.63) is 24.5 Å². The normalized spacial score (nSPS) is 21.8. The number of esters is 1. The Morgan fingerprint density at radius 2 is 2.06 bits per heavy atom. The van der Waals surface area contributed by atoms with Crippen molar-refractivity contribution in [2.24, 2.45) is 11.3 Å². The van der Waals surface area contributed by atoms with Crippen molar-refractivity contribution in [3.8, 4) is 0 Å². The van der Waals surface area contributed by atoms with Gasteiger partial charge in [0.1, 0.15) is 0 Å². The van der Waals surface area contributed by atoms with Gasteiger partial charge < -0.3 is 9.64 Å². The smallest absolute Gasteiger partial charge is 0.308 e. The molecule has 0 atom stereocenters. The van der Waals surface area contributed by atoms with E-state index in [-0.39, 0.29) is 11.9 Å². The Labute approximate surface area is 101 Å². The van der Waals surface area contributed by atoms with Gasteiger partial charge in [-0.05, 0) is 25.0 Å². The number of aromatic nitrogens is 1. The lowest BCUT2D eigenvalue weighted by Gasteiger charge is -2.59. The molecule has 0 radical (unpaired) electrons. The number of anilines is 1. The van der Waals surface area contributed by atoms with Crippen molar-refractivity contribution in [2.45, 2.75) is 12.8 Å². The third-order valence-electron chi connectivity index (χ3n) is 3.97. The fraction of sp³-hybridized carbons (Fsp3) is 0.538. The summed E-state index contributed by atoms with van der Waals surface area (Å²) in [6.45, 7) is 2.12. The van der Waals surface area contributed by atoms with Crippen molar-refractivity contribution < 1.29 is 9.53 Å². The first-order chi connectivity index (χ1) is 8.22. The van der Waals surface area contributed by atoms with E-state index in [4.69, 9.17) is 4.74 Å². The highest BCUT2D eigenvalue weighted by Crippen LogP contribution is 2.53. The van der Waals surface area contributed by atoms with Crippen LogP contribution in [0.4, 0.5) is 5.69 Å². The summed E-state index contributed by atoms with van der Waals surface area (Å²) in [7, 11) is 1.47. The molecule has 2 heterocycles. The molecular formula is C13H16N2O2. The summed E-state index contributed by atoms with van der Waals surface area (Å²) >= 11 is 0. The molecule has 4 nitrogen and oxygen atoms in total. The molecule has 2 aliphatic rings. The topological polar surface area (TPSA) is 42.4 Å². The Bertz CT molecular complexity index is 418. The van der Waals surface area contributed by atoms with E-state index in [1.54, 1.807) is 0 Å². The molecule has 0 N–H and O–H groups in total. The fourth-order valence-corrected chi connectivity index (χ4v) is 3.08. The van der Waals surface area contributed by atoms with Gasteiger partial charge in [0, 0.05) is 36.6 Å². The van der Waals surface area contributed by atoms with Crippen molar-refractivity contribution in [2.75, 3.05) is 25.1 Å². The van der Waals surface area contributed by atoms with Crippen LogP contribution in [0.1, 0.15) is 12.8 Å². The second-order valence-corrected chi connectivity index (χ2v) is 5.19. The van der Waals surface area contributed by atoms with E-state index in [0.29, 0.717) is 5.41 Å². The van der Waals surface area contributed by atoms with Crippen LogP contribution in [-0.4, -0.2) is 31.2 Å². The van der Waals surface area contributed by atoms with Gasteiger partial charge in [0.15, 0.2) is 0 Å². The lowest BCUT2D eigenvalue weighted by molar-refractivity contribution is -0.155. The molecule has 0 amide bonds. The monoisotopic (exact) mass is 232 g/mol. The SMILES string of the molecule is COC(=O)C1CC2(C1)CN(c1ccncc1)C2. The van der Waals surface area contributed by atoms with Gasteiger partial charge >= 0.3 is 5.97 Å². The molecule has 1 aromatic rings. The van der Waals surface area contributed by atoms with Crippen molar-refractivity contribution in [3.63, 3.8) is 0 Å². The van der Waals surface area contributed by atoms with Gasteiger partial charge in [-0.2, -0.15) is 0 Å². The number of hydrogen-bond acceptors (Lipinski definition) is 4. The number of nitrogens with zero attached hydrogens (tertiary/aromatic N) is 2. The van der Waals surface area contributed by atoms with Crippen LogP contribution in [0.15, 0.2) is 24.5 Å². The zero-order valence-corrected chi connectivity index (χ0v) is 9.93. The maximum Gasteiger partial charge on any atom is 0.308 e. The lowest BCUT2D eigenvalue weighted by atomic mass is 9.57. The Kier molecular flexibility index (Phi) is 2.31. The maximum absolute atomic E-state index is 11.3. The Morgan fingerprint density at radius 3 is 2.65 bits per heavy atom. The van der Waals surface area contributed by atoms with Gasteiger partial charge in [0.2, 0.25) is 0 Å². The van der Waals surface area contributed by atoms with E-state index in [0.717, 1.165) is 25.9 Å². The molecule has 0 unspecified atom stereocenters. The predicted octanol–water partition coefficient (Wildman–Crippen LogP) is 1.47. The number of ether oxygens (including phenoxy) is 1. The Morgan fingerprint density at radius 1 is 1.41 bits per heavy atom. The first kappa shape index (κ1) is 10.6. The molecule has 1 saturated heterocycles. The molecule has 0 aromatic carbocycles. The molecule has 2 fully saturated rings. The van der Waals surface area contributed by atoms with Crippen LogP contribution in [0.25, 0.3) is 0 Å². The average Bonchev–Trinajstić information content (AvgIpc) is 2.26. The van der Waals surface area contributed by atoms with Gasteiger partial charge in [0.25, 0.3) is 0 Å². The zero-order chi connectivity index (χ0) is 11.9. The number of carbonyl (C=O) groups is 1. The number of pyridine rings is 1. The van der Waals surface area contributed by atoms with Crippen molar-refractivity contribution in [1.29, 1.82) is 0 Å². The highest BCUT2D eigenvalue weighted by molar-refractivity contribution is 5.74. The minimum Gasteiger partial charge on any atom is -0.469 e. The van der Waals surface area contributed by atoms with Gasteiger partial charge in [-0.25, -0.2) is 0 Å². The first-order valence-electron chi connectivity index (χ1n) is 5.95. The third-order valence-corrected chi connectivity index (χ3v) is 3.97. The number of hydrogen-bond donors (Lipinski definition) is 0. The van der Waals surface area contributed by atoms with Gasteiger partial charge in [0.05, 0.1) is 13.0 Å². The highest BCUT2D eigenvalue weighted by Gasteiger charge is 2.54. The summed E-state index contributed by atoms with van der Waals surface area (Å²) in [4.78, 5) is 17.7. The molecule has 1 saturated carbocycles. The average molecular weight is 232 g/mol. The Balaban J connectivity index is 1.55. The summed E-state index contributed by atoms with van der Waals surface area (Å²) in [5.74, 6) is 0.0950. The summed E-state index contributed by atoms with van der Waals surface area (Å²) in [6.07, 6.45) is 5.61. The zero-order valence-electron chi connectivity index (χ0n) is 9.93. The van der Waals surface area contributed by atoms with Crippen LogP contribution >= 0.6 is 0 Å². The molecule has 4 heteroatoms. The van der Waals surface area contributed by atoms with E-state index in [9.17, 15) is 4.79 Å². The first-order valence-corrected chi connectivity index (χ1v) is 5.95. The number of carbonyl (C=O) groups excluding carboxylic acids is 1. The molecule has 17 heavy (non-hydrogen) atoms.